The lowest BCUT2D eigenvalue weighted by molar-refractivity contribution is 0.0526. The molecule has 0 fully saturated rings. The van der Waals surface area contributed by atoms with Gasteiger partial charge in [-0.2, -0.15) is 0 Å². The van der Waals surface area contributed by atoms with E-state index in [1.54, 1.807) is 0 Å². The van der Waals surface area contributed by atoms with Gasteiger partial charge in [-0.25, -0.2) is 4.79 Å². The Hall–Kier alpha value is -0.960. The van der Waals surface area contributed by atoms with E-state index in [1.165, 1.54) is 4.90 Å². The van der Waals surface area contributed by atoms with Crippen molar-refractivity contribution in [2.24, 2.45) is 5.92 Å². The van der Waals surface area contributed by atoms with E-state index in [0.717, 1.165) is 5.75 Å². The molecule has 2 nitrogen and oxygen atoms in total. The van der Waals surface area contributed by atoms with Crippen LogP contribution in [0.2, 0.25) is 0 Å². The minimum Gasteiger partial charge on any atom is -0.462 e. The highest BCUT2D eigenvalue weighted by Crippen LogP contribution is 2.21. The molecule has 0 heterocycles. The number of ether oxygens (including phenoxy) is 1. The molecule has 1 aromatic carbocycles. The topological polar surface area (TPSA) is 26.3 Å². The van der Waals surface area contributed by atoms with Gasteiger partial charge >= 0.3 is 5.97 Å². The van der Waals surface area contributed by atoms with Crippen LogP contribution in [0.15, 0.2) is 29.2 Å². The maximum absolute atomic E-state index is 11.4. The first-order valence-electron chi connectivity index (χ1n) is 5.53. The van der Waals surface area contributed by atoms with Crippen molar-refractivity contribution in [2.45, 2.75) is 25.7 Å². The van der Waals surface area contributed by atoms with Crippen LogP contribution in [0, 0.1) is 5.92 Å². The summed E-state index contributed by atoms with van der Waals surface area (Å²) in [6.45, 7) is 6.62. The number of rotatable bonds is 5. The lowest BCUT2D eigenvalue weighted by atomic mass is 10.2. The smallest absolute Gasteiger partial charge is 0.338 e. The van der Waals surface area contributed by atoms with Gasteiger partial charge in [0.1, 0.15) is 0 Å². The quantitative estimate of drug-likeness (QED) is 0.579. The van der Waals surface area contributed by atoms with Crippen LogP contribution >= 0.6 is 11.8 Å². The normalized spacial score (nSPS) is 10.5. The molecule has 0 saturated carbocycles. The Morgan fingerprint density at radius 3 is 2.44 bits per heavy atom. The van der Waals surface area contributed by atoms with E-state index in [9.17, 15) is 4.79 Å². The molecular formula is C13H18O2S. The SMILES string of the molecule is CCOC(=O)c1ccc(SCC(C)C)cc1. The van der Waals surface area contributed by atoms with Crippen LogP contribution < -0.4 is 0 Å². The van der Waals surface area contributed by atoms with Gasteiger partial charge in [0.05, 0.1) is 12.2 Å². The van der Waals surface area contributed by atoms with Gasteiger partial charge < -0.3 is 4.74 Å². The molecule has 0 aliphatic rings. The zero-order chi connectivity index (χ0) is 12.0. The summed E-state index contributed by atoms with van der Waals surface area (Å²) in [7, 11) is 0. The molecule has 0 radical (unpaired) electrons. The summed E-state index contributed by atoms with van der Waals surface area (Å²) < 4.78 is 4.92. The second kappa shape index (κ2) is 6.59. The van der Waals surface area contributed by atoms with Gasteiger partial charge in [-0.1, -0.05) is 13.8 Å². The second-order valence-electron chi connectivity index (χ2n) is 3.95. The van der Waals surface area contributed by atoms with Crippen molar-refractivity contribution >= 4 is 17.7 Å². The van der Waals surface area contributed by atoms with Crippen LogP contribution in [-0.2, 0) is 4.74 Å². The van der Waals surface area contributed by atoms with Crippen molar-refractivity contribution in [3.8, 4) is 0 Å². The van der Waals surface area contributed by atoms with Crippen molar-refractivity contribution in [3.05, 3.63) is 29.8 Å². The first-order chi connectivity index (χ1) is 7.63. The third-order valence-corrected chi connectivity index (χ3v) is 3.39. The van der Waals surface area contributed by atoms with Gasteiger partial charge in [0.2, 0.25) is 0 Å². The molecule has 0 aromatic heterocycles. The molecule has 0 aliphatic carbocycles. The Morgan fingerprint density at radius 1 is 1.31 bits per heavy atom. The van der Waals surface area contributed by atoms with Gasteiger partial charge in [-0.3, -0.25) is 0 Å². The number of hydrogen-bond donors (Lipinski definition) is 0. The first-order valence-corrected chi connectivity index (χ1v) is 6.52. The Bertz CT molecular complexity index is 330. The average Bonchev–Trinajstić information content (AvgIpc) is 2.27. The lowest BCUT2D eigenvalue weighted by Gasteiger charge is -2.05. The predicted molar refractivity (Wildman–Crippen MR) is 68.0 cm³/mol. The van der Waals surface area contributed by atoms with Crippen LogP contribution in [0.1, 0.15) is 31.1 Å². The third kappa shape index (κ3) is 4.27. The van der Waals surface area contributed by atoms with Crippen molar-refractivity contribution < 1.29 is 9.53 Å². The number of hydrogen-bond acceptors (Lipinski definition) is 3. The molecule has 0 aliphatic heterocycles. The number of carbonyl (C=O) groups excluding carboxylic acids is 1. The fourth-order valence-electron chi connectivity index (χ4n) is 1.16. The summed E-state index contributed by atoms with van der Waals surface area (Å²) in [5.74, 6) is 1.52. The highest BCUT2D eigenvalue weighted by Gasteiger charge is 2.05. The molecule has 0 bridgehead atoms. The average molecular weight is 238 g/mol. The molecule has 0 spiro atoms. The first kappa shape index (κ1) is 13.1. The maximum Gasteiger partial charge on any atom is 0.338 e. The van der Waals surface area contributed by atoms with E-state index in [4.69, 9.17) is 4.74 Å². The Morgan fingerprint density at radius 2 is 1.94 bits per heavy atom. The van der Waals surface area contributed by atoms with Crippen LogP contribution in [0.5, 0.6) is 0 Å². The van der Waals surface area contributed by atoms with Crippen molar-refractivity contribution in [2.75, 3.05) is 12.4 Å². The van der Waals surface area contributed by atoms with Crippen molar-refractivity contribution in [3.63, 3.8) is 0 Å². The number of carbonyl (C=O) groups is 1. The van der Waals surface area contributed by atoms with Crippen LogP contribution in [-0.4, -0.2) is 18.3 Å². The van der Waals surface area contributed by atoms with Gasteiger partial charge in [0.25, 0.3) is 0 Å². The molecule has 16 heavy (non-hydrogen) atoms. The number of esters is 1. The predicted octanol–water partition coefficient (Wildman–Crippen LogP) is 3.61. The van der Waals surface area contributed by atoms with Crippen LogP contribution in [0.4, 0.5) is 0 Å². The highest BCUT2D eigenvalue weighted by molar-refractivity contribution is 7.99. The highest BCUT2D eigenvalue weighted by atomic mass is 32.2. The van der Waals surface area contributed by atoms with Crippen molar-refractivity contribution in [1.29, 1.82) is 0 Å². The molecular weight excluding hydrogens is 220 g/mol. The minimum absolute atomic E-state index is 0.247. The van der Waals surface area contributed by atoms with E-state index in [0.29, 0.717) is 18.1 Å². The summed E-state index contributed by atoms with van der Waals surface area (Å²) in [5.41, 5.74) is 0.621. The summed E-state index contributed by atoms with van der Waals surface area (Å²) in [6, 6.07) is 7.58. The van der Waals surface area contributed by atoms with E-state index >= 15 is 0 Å². The Balaban J connectivity index is 2.57. The fourth-order valence-corrected chi connectivity index (χ4v) is 2.02. The molecule has 1 aromatic rings. The van der Waals surface area contributed by atoms with E-state index in [2.05, 4.69) is 13.8 Å². The zero-order valence-electron chi connectivity index (χ0n) is 10.0. The fraction of sp³-hybridized carbons (Fsp3) is 0.462. The summed E-state index contributed by atoms with van der Waals surface area (Å²) in [6.07, 6.45) is 0. The molecule has 0 N–H and O–H groups in total. The van der Waals surface area contributed by atoms with E-state index in [-0.39, 0.29) is 5.97 Å². The van der Waals surface area contributed by atoms with Crippen LogP contribution in [0.3, 0.4) is 0 Å². The van der Waals surface area contributed by atoms with Crippen molar-refractivity contribution in [1.82, 2.24) is 0 Å². The molecule has 0 saturated heterocycles. The maximum atomic E-state index is 11.4. The third-order valence-electron chi connectivity index (χ3n) is 1.95. The van der Waals surface area contributed by atoms with Gasteiger partial charge in [0, 0.05) is 10.6 Å². The molecule has 88 valence electrons. The van der Waals surface area contributed by atoms with Gasteiger partial charge in [-0.05, 0) is 37.1 Å². The van der Waals surface area contributed by atoms with E-state index in [1.807, 2.05) is 43.0 Å². The van der Waals surface area contributed by atoms with Gasteiger partial charge in [-0.15, -0.1) is 11.8 Å². The number of thioether (sulfide) groups is 1. The summed E-state index contributed by atoms with van der Waals surface area (Å²) >= 11 is 1.81. The minimum atomic E-state index is -0.247. The molecule has 0 unspecified atom stereocenters. The summed E-state index contributed by atoms with van der Waals surface area (Å²) in [5, 5.41) is 0. The zero-order valence-corrected chi connectivity index (χ0v) is 10.8. The molecule has 0 amide bonds. The largest absolute Gasteiger partial charge is 0.462 e. The van der Waals surface area contributed by atoms with E-state index < -0.39 is 0 Å². The summed E-state index contributed by atoms with van der Waals surface area (Å²) in [4.78, 5) is 12.6. The molecule has 0 atom stereocenters. The van der Waals surface area contributed by atoms with Crippen LogP contribution in [0.25, 0.3) is 0 Å². The molecule has 1 rings (SSSR count). The molecule has 3 heteroatoms. The van der Waals surface area contributed by atoms with Gasteiger partial charge in [0.15, 0.2) is 0 Å². The monoisotopic (exact) mass is 238 g/mol. The lowest BCUT2D eigenvalue weighted by Crippen LogP contribution is -2.04. The Kier molecular flexibility index (Phi) is 5.39. The number of benzene rings is 1. The standard InChI is InChI=1S/C13H18O2S/c1-4-15-13(14)11-5-7-12(8-6-11)16-9-10(2)3/h5-8,10H,4,9H2,1-3H3. The Labute approximate surface area is 101 Å². The second-order valence-corrected chi connectivity index (χ2v) is 5.04.